The first kappa shape index (κ1) is 99.9. The zero-order valence-corrected chi connectivity index (χ0v) is 74.3. The number of Topliss-reactive ketones (excluding diaryl/α,β-unsaturated/α-hetero) is 4. The molecule has 0 aliphatic carbocycles. The second-order valence-electron chi connectivity index (χ2n) is 32.8. The maximum atomic E-state index is 12.3. The van der Waals surface area contributed by atoms with Gasteiger partial charge in [-0.25, -0.2) is 24.5 Å². The van der Waals surface area contributed by atoms with Gasteiger partial charge in [0, 0.05) is 83.1 Å². The van der Waals surface area contributed by atoms with E-state index < -0.39 is 42.7 Å². The van der Waals surface area contributed by atoms with Crippen molar-refractivity contribution in [1.29, 1.82) is 0 Å². The van der Waals surface area contributed by atoms with Gasteiger partial charge in [0.05, 0.1) is 37.1 Å². The Morgan fingerprint density at radius 1 is 0.482 bits per heavy atom. The van der Waals surface area contributed by atoms with Gasteiger partial charge in [-0.3, -0.25) is 28.3 Å². The van der Waals surface area contributed by atoms with Crippen molar-refractivity contribution in [3.63, 3.8) is 0 Å². The van der Waals surface area contributed by atoms with Crippen LogP contribution in [0.1, 0.15) is 164 Å². The minimum Gasteiger partial charge on any atom is -1.00 e. The van der Waals surface area contributed by atoms with Gasteiger partial charge in [-0.1, -0.05) is 149 Å². The molecule has 618 valence electrons. The van der Waals surface area contributed by atoms with Gasteiger partial charge in [0.1, 0.15) is 92.7 Å². The van der Waals surface area contributed by atoms with Gasteiger partial charge < -0.3 is 50.5 Å². The van der Waals surface area contributed by atoms with E-state index in [2.05, 4.69) is 170 Å². The smallest absolute Gasteiger partial charge is 0.410 e. The molecule has 11 rings (SSSR count). The van der Waals surface area contributed by atoms with E-state index in [4.69, 9.17) is 45.3 Å². The predicted octanol–water partition coefficient (Wildman–Crippen LogP) is 18.6. The minimum absolute atomic E-state index is 0. The number of ether oxygens (including phenoxy) is 5. The fourth-order valence-electron chi connectivity index (χ4n) is 11.6. The molecule has 19 nitrogen and oxygen atoms in total. The molecule has 0 radical (unpaired) electrons. The Balaban J connectivity index is 0.000000404. The molecule has 112 heavy (non-hydrogen) atoms. The lowest BCUT2D eigenvalue weighted by Gasteiger charge is -2.31. The molecule has 3 aromatic carbocycles. The van der Waals surface area contributed by atoms with Crippen LogP contribution < -0.4 is 28.3 Å². The maximum Gasteiger partial charge on any atom is 0.410 e. The number of thiophene rings is 3. The Labute approximate surface area is 694 Å². The number of aromatic nitrogens is 6. The molecule has 2 amide bonds. The summed E-state index contributed by atoms with van der Waals surface area (Å²) in [6.07, 6.45) is 4.80. The molecular formula is C84H127Cl2N8O11PS3Si3. The summed E-state index contributed by atoms with van der Waals surface area (Å²) in [7, 11) is -5.59. The standard InChI is InChI=1S/C32H36N2O2PSSi.C24H37N3O4SSi.C14H21ClN2O2SSi.C10H17NO3.4CH4.ClH/c1-25(35)30-22-29-32(38-30)33-31(34(29)24-36-20-21-39(2,3)4)23-37(26-14-8-5-9-15-26,27-16-10-6-11-17-27)28-18-12-7-13-19-28;1-17(28)20-15-19-22(32-20)25-21(27(19)16-30-12-13-33(5,6)7)14-18-8-10-26(11-9-18)23(29)31-24(2,3)4;1-10(18)12-7-11-14(20-12)16-13(8-15)17(11)9-19-5-6-21(2,3)4;1-10(2,3)14-9(13)11-6-4-8(12)5-7-11;;;;;/h5-19,22H,20-21,23-24H2,1-4H3;14-15H,8-13,16H2,1-7H3;7H,5-6,8-9H2,1-4H3;4-7H2,1-3H3;4*1H4;1H/q+1;;;;;;;;/p-1. The Hall–Kier alpha value is -6.33. The molecule has 0 saturated carbocycles. The van der Waals surface area contributed by atoms with Gasteiger partial charge in [0.25, 0.3) is 0 Å². The van der Waals surface area contributed by atoms with Crippen molar-refractivity contribution in [3.05, 3.63) is 147 Å². The van der Waals surface area contributed by atoms with E-state index in [1.165, 1.54) is 55.5 Å². The summed E-state index contributed by atoms with van der Waals surface area (Å²) in [4.78, 5) is 93.0. The molecule has 0 atom stereocenters. The number of carbonyl (C=O) groups excluding carboxylic acids is 6. The summed E-state index contributed by atoms with van der Waals surface area (Å²) in [6, 6.07) is 41.8. The molecule has 9 aromatic rings. The predicted molar refractivity (Wildman–Crippen MR) is 478 cm³/mol. The van der Waals surface area contributed by atoms with Gasteiger partial charge in [0.2, 0.25) is 0 Å². The van der Waals surface area contributed by atoms with E-state index in [9.17, 15) is 28.8 Å². The number of nitrogens with zero attached hydrogens (tertiary/aromatic N) is 8. The number of likely N-dealkylation sites (tertiary alicyclic amines) is 2. The highest BCUT2D eigenvalue weighted by Gasteiger charge is 2.47. The molecule has 0 bridgehead atoms. The number of ketones is 4. The van der Waals surface area contributed by atoms with E-state index in [1.54, 1.807) is 30.6 Å². The fraction of sp³-hybridized carbons (Fsp3) is 0.512. The Morgan fingerprint density at radius 2 is 0.795 bits per heavy atom. The van der Waals surface area contributed by atoms with Crippen molar-refractivity contribution in [2.24, 2.45) is 0 Å². The normalized spacial score (nSPS) is 13.3. The molecule has 0 N–H and O–H groups in total. The van der Waals surface area contributed by atoms with Crippen LogP contribution in [0.2, 0.25) is 77.1 Å². The lowest BCUT2D eigenvalue weighted by Crippen LogP contribution is -3.00. The molecule has 8 heterocycles. The van der Waals surface area contributed by atoms with E-state index in [0.717, 1.165) is 115 Å². The number of halogens is 2. The van der Waals surface area contributed by atoms with Crippen LogP contribution in [-0.4, -0.2) is 155 Å². The van der Waals surface area contributed by atoms with E-state index in [1.807, 2.05) is 64.3 Å². The van der Waals surface area contributed by atoms with Crippen molar-refractivity contribution < 1.29 is 64.9 Å². The zero-order valence-electron chi connectivity index (χ0n) is 66.4. The molecule has 2 aliphatic rings. The Morgan fingerprint density at radius 3 is 1.12 bits per heavy atom. The van der Waals surface area contributed by atoms with Crippen LogP contribution in [0.15, 0.2) is 115 Å². The second kappa shape index (κ2) is 44.1. The summed E-state index contributed by atoms with van der Waals surface area (Å²) in [6.45, 7) is 42.8. The monoisotopic (exact) mass is 1700 g/mol. The molecule has 6 aromatic heterocycles. The molecule has 2 saturated heterocycles. The first-order valence-corrected chi connectivity index (χ1v) is 52.9. The summed E-state index contributed by atoms with van der Waals surface area (Å²) in [5, 5.41) is 3.97. The van der Waals surface area contributed by atoms with Crippen LogP contribution in [0.25, 0.3) is 37.1 Å². The topological polar surface area (TPSA) is 209 Å². The number of fused-ring (bicyclic) bond motifs is 3. The highest BCUT2D eigenvalue weighted by Crippen LogP contribution is 2.58. The van der Waals surface area contributed by atoms with Gasteiger partial charge in [-0.05, 0) is 154 Å². The van der Waals surface area contributed by atoms with E-state index in [0.29, 0.717) is 70.0 Å². The molecule has 0 unspecified atom stereocenters. The third-order valence-corrected chi connectivity index (χ3v) is 30.7. The molecular weight excluding hydrogens is 1580 g/mol. The minimum atomic E-state index is -2.12. The largest absolute Gasteiger partial charge is 1.00 e. The van der Waals surface area contributed by atoms with Gasteiger partial charge in [0.15, 0.2) is 23.2 Å². The number of piperidine rings is 2. The maximum absolute atomic E-state index is 12.3. The Bertz CT molecular complexity index is 4410. The molecule has 2 fully saturated rings. The number of rotatable bonds is 25. The lowest BCUT2D eigenvalue weighted by atomic mass is 10.0. The van der Waals surface area contributed by atoms with Gasteiger partial charge >= 0.3 is 12.2 Å². The van der Waals surface area contributed by atoms with Gasteiger partial charge in [-0.2, -0.15) is 0 Å². The van der Waals surface area contributed by atoms with E-state index in [-0.39, 0.29) is 77.4 Å². The summed E-state index contributed by atoms with van der Waals surface area (Å²) in [5.74, 6) is 3.41. The van der Waals surface area contributed by atoms with Crippen LogP contribution >= 0.6 is 52.9 Å². The molecule has 2 aliphatic heterocycles. The highest BCUT2D eigenvalue weighted by atomic mass is 35.5. The average Bonchev–Trinajstić information content (AvgIpc) is 1.29. The average molecular weight is 1710 g/mol. The molecule has 28 heteroatoms. The Kier molecular flexibility index (Phi) is 39.3. The highest BCUT2D eigenvalue weighted by molar-refractivity contribution is 7.95. The van der Waals surface area contributed by atoms with Crippen molar-refractivity contribution in [2.45, 2.75) is 238 Å². The summed E-state index contributed by atoms with van der Waals surface area (Å²) in [5.41, 5.74) is 3.17. The second-order valence-corrected chi connectivity index (χ2v) is 56.5. The summed E-state index contributed by atoms with van der Waals surface area (Å²) < 4.78 is 35.1. The number of imidazole rings is 3. The fourth-order valence-corrected chi connectivity index (χ4v) is 21.1. The number of amides is 2. The van der Waals surface area contributed by atoms with Crippen LogP contribution in [-0.2, 0) is 60.7 Å². The SMILES string of the molecule is C.C.C.C.CC(=O)c1cc2c(nc(C=C3CCN(C(=O)OC(C)(C)C)CC3)n2COCC[Si](C)(C)C)s1.CC(=O)c1cc2c(nc(CCl)n2COCC[Si](C)(C)C)s1.CC(=O)c1cc2c(nc(C[P+](c3ccccc3)(c3ccccc3)c3ccccc3)n2COCC[Si](C)(C)C)s1.CC(C)(C)OC(=O)N1CCC(=O)CC1.[Cl-]. The number of carbonyl (C=O) groups is 6. The third-order valence-electron chi connectivity index (χ3n) is 17.7. The van der Waals surface area contributed by atoms with E-state index >= 15 is 0 Å². The first-order chi connectivity index (χ1) is 50.3. The van der Waals surface area contributed by atoms with Crippen LogP contribution in [0.3, 0.4) is 0 Å². The van der Waals surface area contributed by atoms with Crippen molar-refractivity contribution in [1.82, 2.24) is 38.5 Å². The lowest BCUT2D eigenvalue weighted by molar-refractivity contribution is -0.121. The van der Waals surface area contributed by atoms with Gasteiger partial charge in [-0.15, -0.1) is 45.6 Å². The number of alkyl halides is 1. The third kappa shape index (κ3) is 29.4. The number of hydrogen-bond acceptors (Lipinski definition) is 17. The number of hydrogen-bond donors (Lipinski definition) is 0. The van der Waals surface area contributed by atoms with Crippen LogP contribution in [0.4, 0.5) is 9.59 Å². The van der Waals surface area contributed by atoms with Crippen molar-refractivity contribution >= 4 is 165 Å². The zero-order chi connectivity index (χ0) is 78.2. The van der Waals surface area contributed by atoms with Crippen molar-refractivity contribution in [2.75, 3.05) is 46.0 Å². The van der Waals surface area contributed by atoms with Crippen LogP contribution in [0.5, 0.6) is 0 Å². The van der Waals surface area contributed by atoms with Crippen molar-refractivity contribution in [3.8, 4) is 0 Å². The first-order valence-electron chi connectivity index (χ1n) is 36.8. The quantitative estimate of drug-likeness (QED) is 0.0171. The summed E-state index contributed by atoms with van der Waals surface area (Å²) >= 11 is 10.3. The molecule has 0 spiro atoms. The number of benzene rings is 3. The van der Waals surface area contributed by atoms with Crippen LogP contribution in [0, 0.1) is 0 Å².